The maximum absolute atomic E-state index is 11.1. The summed E-state index contributed by atoms with van der Waals surface area (Å²) in [6, 6.07) is 11.6. The predicted octanol–water partition coefficient (Wildman–Crippen LogP) is 2.34. The highest BCUT2D eigenvalue weighted by molar-refractivity contribution is 5.93. The Balaban J connectivity index is 2.02. The Hall–Kier alpha value is -2.20. The van der Waals surface area contributed by atoms with Crippen LogP contribution < -0.4 is 11.1 Å². The highest BCUT2D eigenvalue weighted by atomic mass is 16.1. The van der Waals surface area contributed by atoms with Crippen molar-refractivity contribution >= 4 is 5.91 Å². The van der Waals surface area contributed by atoms with Gasteiger partial charge in [-0.15, -0.1) is 0 Å². The van der Waals surface area contributed by atoms with E-state index in [4.69, 9.17) is 5.73 Å². The first-order valence-corrected chi connectivity index (χ1v) is 6.61. The first-order valence-electron chi connectivity index (χ1n) is 6.61. The molecule has 1 amide bonds. The van der Waals surface area contributed by atoms with Gasteiger partial charge in [0.25, 0.3) is 0 Å². The molecular formula is C16H19N3O. The molecule has 0 fully saturated rings. The van der Waals surface area contributed by atoms with Crippen molar-refractivity contribution in [2.75, 3.05) is 0 Å². The average molecular weight is 269 g/mol. The molecule has 0 aliphatic rings. The molecule has 1 heterocycles. The van der Waals surface area contributed by atoms with Gasteiger partial charge in [-0.3, -0.25) is 9.78 Å². The van der Waals surface area contributed by atoms with E-state index in [0.29, 0.717) is 5.56 Å². The van der Waals surface area contributed by atoms with Crippen LogP contribution in [-0.2, 0) is 6.54 Å². The zero-order chi connectivity index (χ0) is 14.5. The summed E-state index contributed by atoms with van der Waals surface area (Å²) in [7, 11) is 0. The second kappa shape index (κ2) is 6.30. The van der Waals surface area contributed by atoms with Gasteiger partial charge < -0.3 is 11.1 Å². The third kappa shape index (κ3) is 3.42. The lowest BCUT2D eigenvalue weighted by Gasteiger charge is -2.14. The molecule has 0 aliphatic carbocycles. The molecule has 0 aliphatic heterocycles. The summed E-state index contributed by atoms with van der Waals surface area (Å²) in [6.45, 7) is 4.78. The fourth-order valence-electron chi connectivity index (χ4n) is 2.05. The number of carbonyl (C=O) groups excluding carboxylic acids is 1. The number of carbonyl (C=O) groups is 1. The lowest BCUT2D eigenvalue weighted by atomic mass is 10.0. The van der Waals surface area contributed by atoms with Gasteiger partial charge in [0, 0.05) is 24.3 Å². The molecule has 0 saturated carbocycles. The monoisotopic (exact) mass is 269 g/mol. The quantitative estimate of drug-likeness (QED) is 0.875. The summed E-state index contributed by atoms with van der Waals surface area (Å²) in [6.07, 6.45) is 1.79. The van der Waals surface area contributed by atoms with Crippen LogP contribution in [0.5, 0.6) is 0 Å². The van der Waals surface area contributed by atoms with Crippen LogP contribution in [-0.4, -0.2) is 10.9 Å². The van der Waals surface area contributed by atoms with Crippen molar-refractivity contribution in [3.63, 3.8) is 0 Å². The number of hydrogen-bond donors (Lipinski definition) is 2. The van der Waals surface area contributed by atoms with E-state index < -0.39 is 5.91 Å². The van der Waals surface area contributed by atoms with Crippen LogP contribution in [0.4, 0.5) is 0 Å². The normalized spacial score (nSPS) is 12.1. The van der Waals surface area contributed by atoms with Gasteiger partial charge in [0.05, 0.1) is 5.69 Å². The third-order valence-corrected chi connectivity index (χ3v) is 3.36. The molecule has 1 aromatic heterocycles. The van der Waals surface area contributed by atoms with Gasteiger partial charge in [-0.25, -0.2) is 0 Å². The lowest BCUT2D eigenvalue weighted by molar-refractivity contribution is 0.1000. The molecule has 1 unspecified atom stereocenters. The first-order chi connectivity index (χ1) is 9.58. The number of pyridine rings is 1. The number of rotatable bonds is 5. The lowest BCUT2D eigenvalue weighted by Crippen LogP contribution is -2.20. The van der Waals surface area contributed by atoms with Crippen LogP contribution >= 0.6 is 0 Å². The van der Waals surface area contributed by atoms with Gasteiger partial charge in [0.2, 0.25) is 5.91 Å². The van der Waals surface area contributed by atoms with Crippen LogP contribution in [0.3, 0.4) is 0 Å². The summed E-state index contributed by atoms with van der Waals surface area (Å²) >= 11 is 0. The molecule has 0 bridgehead atoms. The number of nitrogens with zero attached hydrogens (tertiary/aromatic N) is 1. The summed E-state index contributed by atoms with van der Waals surface area (Å²) in [5.74, 6) is -0.394. The molecule has 104 valence electrons. The maximum atomic E-state index is 11.1. The third-order valence-electron chi connectivity index (χ3n) is 3.36. The largest absolute Gasteiger partial charge is 0.366 e. The van der Waals surface area contributed by atoms with Crippen molar-refractivity contribution in [3.05, 3.63) is 65.0 Å². The zero-order valence-electron chi connectivity index (χ0n) is 11.8. The number of nitrogens with two attached hydrogens (primary N) is 1. The Morgan fingerprint density at radius 2 is 2.15 bits per heavy atom. The molecule has 2 aromatic rings. The van der Waals surface area contributed by atoms with Gasteiger partial charge in [0.1, 0.15) is 0 Å². The van der Waals surface area contributed by atoms with Crippen molar-refractivity contribution < 1.29 is 4.79 Å². The first kappa shape index (κ1) is 14.2. The minimum Gasteiger partial charge on any atom is -0.366 e. The minimum absolute atomic E-state index is 0.173. The second-order valence-corrected chi connectivity index (χ2v) is 4.86. The standard InChI is InChI=1S/C16H19N3O/c1-11-9-13(16(17)20)6-7-14(11)10-19-12(2)15-5-3-4-8-18-15/h3-9,12,19H,10H2,1-2H3,(H2,17,20). The Kier molecular flexibility index (Phi) is 4.48. The molecule has 1 atom stereocenters. The maximum Gasteiger partial charge on any atom is 0.248 e. The van der Waals surface area contributed by atoms with E-state index in [2.05, 4.69) is 17.2 Å². The smallest absolute Gasteiger partial charge is 0.248 e. The van der Waals surface area contributed by atoms with Crippen molar-refractivity contribution in [1.82, 2.24) is 10.3 Å². The molecule has 3 N–H and O–H groups in total. The summed E-state index contributed by atoms with van der Waals surface area (Å²) in [5, 5.41) is 3.43. The van der Waals surface area contributed by atoms with E-state index in [0.717, 1.165) is 23.4 Å². The summed E-state index contributed by atoms with van der Waals surface area (Å²) in [4.78, 5) is 15.4. The minimum atomic E-state index is -0.394. The van der Waals surface area contributed by atoms with Gasteiger partial charge in [-0.2, -0.15) is 0 Å². The van der Waals surface area contributed by atoms with E-state index in [-0.39, 0.29) is 6.04 Å². The molecule has 0 spiro atoms. The summed E-state index contributed by atoms with van der Waals surface area (Å²) < 4.78 is 0. The number of primary amides is 1. The number of aryl methyl sites for hydroxylation is 1. The van der Waals surface area contributed by atoms with Crippen LogP contribution in [0.1, 0.15) is 40.1 Å². The van der Waals surface area contributed by atoms with Crippen molar-refractivity contribution in [2.45, 2.75) is 26.4 Å². The van der Waals surface area contributed by atoms with E-state index in [1.165, 1.54) is 0 Å². The van der Waals surface area contributed by atoms with Crippen molar-refractivity contribution in [1.29, 1.82) is 0 Å². The molecular weight excluding hydrogens is 250 g/mol. The number of benzene rings is 1. The Labute approximate surface area is 119 Å². The van der Waals surface area contributed by atoms with Crippen LogP contribution in [0.2, 0.25) is 0 Å². The SMILES string of the molecule is Cc1cc(C(N)=O)ccc1CNC(C)c1ccccn1. The van der Waals surface area contributed by atoms with E-state index >= 15 is 0 Å². The molecule has 0 saturated heterocycles. The number of amides is 1. The Morgan fingerprint density at radius 1 is 1.35 bits per heavy atom. The molecule has 1 aromatic carbocycles. The van der Waals surface area contributed by atoms with E-state index in [1.807, 2.05) is 37.3 Å². The van der Waals surface area contributed by atoms with Crippen molar-refractivity contribution in [3.8, 4) is 0 Å². The number of nitrogens with one attached hydrogen (secondary N) is 1. The molecule has 20 heavy (non-hydrogen) atoms. The predicted molar refractivity (Wildman–Crippen MR) is 79.2 cm³/mol. The fraction of sp³-hybridized carbons (Fsp3) is 0.250. The van der Waals surface area contributed by atoms with E-state index in [1.54, 1.807) is 12.3 Å². The highest BCUT2D eigenvalue weighted by Crippen LogP contribution is 2.13. The Bertz CT molecular complexity index is 596. The molecule has 0 radical (unpaired) electrons. The molecule has 4 heteroatoms. The average Bonchev–Trinajstić information content (AvgIpc) is 2.46. The molecule has 2 rings (SSSR count). The van der Waals surface area contributed by atoms with Crippen molar-refractivity contribution in [2.24, 2.45) is 5.73 Å². The molecule has 4 nitrogen and oxygen atoms in total. The second-order valence-electron chi connectivity index (χ2n) is 4.86. The number of hydrogen-bond acceptors (Lipinski definition) is 3. The van der Waals surface area contributed by atoms with Crippen LogP contribution in [0.25, 0.3) is 0 Å². The summed E-state index contributed by atoms with van der Waals surface area (Å²) in [5.41, 5.74) is 9.03. The van der Waals surface area contributed by atoms with E-state index in [9.17, 15) is 4.79 Å². The van der Waals surface area contributed by atoms with Crippen LogP contribution in [0, 0.1) is 6.92 Å². The van der Waals surface area contributed by atoms with Gasteiger partial charge in [-0.1, -0.05) is 12.1 Å². The Morgan fingerprint density at radius 3 is 2.75 bits per heavy atom. The van der Waals surface area contributed by atoms with Gasteiger partial charge >= 0.3 is 0 Å². The van der Waals surface area contributed by atoms with Gasteiger partial charge in [-0.05, 0) is 49.2 Å². The number of aromatic nitrogens is 1. The zero-order valence-corrected chi connectivity index (χ0v) is 11.8. The highest BCUT2D eigenvalue weighted by Gasteiger charge is 2.08. The topological polar surface area (TPSA) is 68.0 Å². The van der Waals surface area contributed by atoms with Gasteiger partial charge in [0.15, 0.2) is 0 Å². The fourth-order valence-corrected chi connectivity index (χ4v) is 2.05. The van der Waals surface area contributed by atoms with Crippen LogP contribution in [0.15, 0.2) is 42.6 Å².